The largest absolute Gasteiger partial charge is 0.497 e. The topological polar surface area (TPSA) is 58.6 Å². The molecule has 156 valence electrons. The summed E-state index contributed by atoms with van der Waals surface area (Å²) in [7, 11) is 1.61. The first kappa shape index (κ1) is 22.5. The summed E-state index contributed by atoms with van der Waals surface area (Å²) in [5, 5.41) is 2.99. The molecule has 2 atom stereocenters. The minimum atomic E-state index is -0.560. The second-order valence-corrected chi connectivity index (χ2v) is 7.53. The van der Waals surface area contributed by atoms with Crippen molar-refractivity contribution in [1.29, 1.82) is 0 Å². The molecule has 0 spiro atoms. The first-order valence-corrected chi connectivity index (χ1v) is 10.1. The SMILES string of the molecule is CC[C@H](C)NC(=O)[C@@H](C)N(Cc1cccc(C)c1)C(=O)Cc1ccc(OC)cc1. The number of hydrogen-bond acceptors (Lipinski definition) is 3. The van der Waals surface area contributed by atoms with Crippen molar-refractivity contribution in [2.75, 3.05) is 7.11 Å². The second kappa shape index (κ2) is 10.6. The van der Waals surface area contributed by atoms with Crippen LogP contribution in [0, 0.1) is 6.92 Å². The van der Waals surface area contributed by atoms with Crippen molar-refractivity contribution in [2.45, 2.75) is 59.2 Å². The molecular formula is C24H32N2O3. The molecule has 2 amide bonds. The van der Waals surface area contributed by atoms with E-state index < -0.39 is 6.04 Å². The number of hydrogen-bond donors (Lipinski definition) is 1. The van der Waals surface area contributed by atoms with Gasteiger partial charge in [0.05, 0.1) is 13.5 Å². The Morgan fingerprint density at radius 2 is 1.76 bits per heavy atom. The normalized spacial score (nSPS) is 12.7. The van der Waals surface area contributed by atoms with E-state index in [-0.39, 0.29) is 24.3 Å². The lowest BCUT2D eigenvalue weighted by molar-refractivity contribution is -0.140. The van der Waals surface area contributed by atoms with Crippen molar-refractivity contribution in [3.8, 4) is 5.75 Å². The summed E-state index contributed by atoms with van der Waals surface area (Å²) in [6.45, 7) is 8.20. The minimum Gasteiger partial charge on any atom is -0.497 e. The Bertz CT molecular complexity index is 817. The summed E-state index contributed by atoms with van der Waals surface area (Å²) in [4.78, 5) is 27.6. The molecule has 1 N–H and O–H groups in total. The molecule has 0 fully saturated rings. The number of aryl methyl sites for hydroxylation is 1. The van der Waals surface area contributed by atoms with Gasteiger partial charge >= 0.3 is 0 Å². The molecule has 0 saturated heterocycles. The number of carbonyl (C=O) groups is 2. The summed E-state index contributed by atoms with van der Waals surface area (Å²) >= 11 is 0. The number of nitrogens with one attached hydrogen (secondary N) is 1. The smallest absolute Gasteiger partial charge is 0.242 e. The predicted octanol–water partition coefficient (Wildman–Crippen LogP) is 3.88. The molecule has 0 aromatic heterocycles. The van der Waals surface area contributed by atoms with Gasteiger partial charge in [-0.3, -0.25) is 9.59 Å². The van der Waals surface area contributed by atoms with Gasteiger partial charge in [0.25, 0.3) is 0 Å². The number of amides is 2. The van der Waals surface area contributed by atoms with E-state index in [2.05, 4.69) is 5.32 Å². The van der Waals surface area contributed by atoms with Gasteiger partial charge in [0.2, 0.25) is 11.8 Å². The highest BCUT2D eigenvalue weighted by Crippen LogP contribution is 2.16. The van der Waals surface area contributed by atoms with Gasteiger partial charge in [-0.05, 0) is 50.5 Å². The zero-order valence-corrected chi connectivity index (χ0v) is 18.1. The molecule has 0 unspecified atom stereocenters. The van der Waals surface area contributed by atoms with Crippen molar-refractivity contribution >= 4 is 11.8 Å². The molecule has 0 saturated carbocycles. The third-order valence-electron chi connectivity index (χ3n) is 5.12. The molecular weight excluding hydrogens is 364 g/mol. The number of rotatable bonds is 9. The molecule has 0 radical (unpaired) electrons. The summed E-state index contributed by atoms with van der Waals surface area (Å²) in [6.07, 6.45) is 1.08. The molecule has 0 bridgehead atoms. The highest BCUT2D eigenvalue weighted by atomic mass is 16.5. The van der Waals surface area contributed by atoms with Gasteiger partial charge in [-0.25, -0.2) is 0 Å². The monoisotopic (exact) mass is 396 g/mol. The lowest BCUT2D eigenvalue weighted by Gasteiger charge is -2.30. The molecule has 0 heterocycles. The van der Waals surface area contributed by atoms with Crippen molar-refractivity contribution in [2.24, 2.45) is 0 Å². The molecule has 5 nitrogen and oxygen atoms in total. The van der Waals surface area contributed by atoms with Crippen LogP contribution in [0.2, 0.25) is 0 Å². The zero-order chi connectivity index (χ0) is 21.4. The Morgan fingerprint density at radius 1 is 1.07 bits per heavy atom. The Hall–Kier alpha value is -2.82. The van der Waals surface area contributed by atoms with Crippen LogP contribution >= 0.6 is 0 Å². The molecule has 0 aliphatic rings. The molecule has 29 heavy (non-hydrogen) atoms. The second-order valence-electron chi connectivity index (χ2n) is 7.53. The maximum Gasteiger partial charge on any atom is 0.242 e. The minimum absolute atomic E-state index is 0.0717. The fourth-order valence-electron chi connectivity index (χ4n) is 3.07. The molecule has 2 aromatic carbocycles. The van der Waals surface area contributed by atoms with E-state index in [1.165, 1.54) is 0 Å². The Morgan fingerprint density at radius 3 is 2.34 bits per heavy atom. The molecule has 2 aromatic rings. The van der Waals surface area contributed by atoms with Gasteiger partial charge < -0.3 is 15.0 Å². The van der Waals surface area contributed by atoms with Crippen molar-refractivity contribution < 1.29 is 14.3 Å². The first-order valence-electron chi connectivity index (χ1n) is 10.1. The number of carbonyl (C=O) groups excluding carboxylic acids is 2. The van der Waals surface area contributed by atoms with Crippen LogP contribution in [0.3, 0.4) is 0 Å². The average Bonchev–Trinajstić information content (AvgIpc) is 2.71. The van der Waals surface area contributed by atoms with E-state index in [0.29, 0.717) is 6.54 Å². The summed E-state index contributed by atoms with van der Waals surface area (Å²) in [5.41, 5.74) is 3.03. The molecule has 2 rings (SSSR count). The zero-order valence-electron chi connectivity index (χ0n) is 18.1. The van der Waals surface area contributed by atoms with Gasteiger partial charge in [-0.15, -0.1) is 0 Å². The van der Waals surface area contributed by atoms with E-state index in [4.69, 9.17) is 4.74 Å². The van der Waals surface area contributed by atoms with Gasteiger partial charge in [0, 0.05) is 12.6 Å². The van der Waals surface area contributed by atoms with Gasteiger partial charge in [-0.1, -0.05) is 48.9 Å². The third-order valence-corrected chi connectivity index (χ3v) is 5.12. The predicted molar refractivity (Wildman–Crippen MR) is 116 cm³/mol. The van der Waals surface area contributed by atoms with E-state index >= 15 is 0 Å². The van der Waals surface area contributed by atoms with Crippen LogP contribution in [-0.2, 0) is 22.6 Å². The summed E-state index contributed by atoms with van der Waals surface area (Å²) < 4.78 is 5.18. The van der Waals surface area contributed by atoms with E-state index in [0.717, 1.165) is 28.9 Å². The van der Waals surface area contributed by atoms with Crippen LogP contribution in [0.4, 0.5) is 0 Å². The Kier molecular flexibility index (Phi) is 8.25. The highest BCUT2D eigenvalue weighted by Gasteiger charge is 2.26. The summed E-state index contributed by atoms with van der Waals surface area (Å²) in [5.74, 6) is 0.540. The molecule has 5 heteroatoms. The van der Waals surface area contributed by atoms with Crippen LogP contribution in [0.15, 0.2) is 48.5 Å². The van der Waals surface area contributed by atoms with Crippen LogP contribution in [0.1, 0.15) is 43.9 Å². The maximum absolute atomic E-state index is 13.2. The van der Waals surface area contributed by atoms with Crippen molar-refractivity contribution in [1.82, 2.24) is 10.2 Å². The van der Waals surface area contributed by atoms with Gasteiger partial charge in [0.1, 0.15) is 11.8 Å². The number of ether oxygens (including phenoxy) is 1. The first-order chi connectivity index (χ1) is 13.8. The Labute approximate surface area is 174 Å². The van der Waals surface area contributed by atoms with Crippen molar-refractivity contribution in [3.05, 3.63) is 65.2 Å². The lowest BCUT2D eigenvalue weighted by atomic mass is 10.1. The van der Waals surface area contributed by atoms with Crippen LogP contribution in [0.25, 0.3) is 0 Å². The van der Waals surface area contributed by atoms with Crippen LogP contribution in [-0.4, -0.2) is 35.9 Å². The number of benzene rings is 2. The lowest BCUT2D eigenvalue weighted by Crippen LogP contribution is -2.49. The highest BCUT2D eigenvalue weighted by molar-refractivity contribution is 5.88. The van der Waals surface area contributed by atoms with Crippen LogP contribution < -0.4 is 10.1 Å². The number of nitrogens with zero attached hydrogens (tertiary/aromatic N) is 1. The average molecular weight is 397 g/mol. The number of methoxy groups -OCH3 is 1. The fraction of sp³-hybridized carbons (Fsp3) is 0.417. The third kappa shape index (κ3) is 6.63. The standard InChI is InChI=1S/C24H32N2O3/c1-6-18(3)25-24(28)19(4)26(16-21-9-7-8-17(2)14-21)23(27)15-20-10-12-22(29-5)13-11-20/h7-14,18-19H,6,15-16H2,1-5H3,(H,25,28)/t18-,19+/m0/s1. The molecule has 0 aliphatic heterocycles. The Balaban J connectivity index is 2.21. The fourth-order valence-corrected chi connectivity index (χ4v) is 3.07. The quantitative estimate of drug-likeness (QED) is 0.700. The van der Waals surface area contributed by atoms with E-state index in [1.54, 1.807) is 18.9 Å². The maximum atomic E-state index is 13.2. The van der Waals surface area contributed by atoms with Crippen molar-refractivity contribution in [3.63, 3.8) is 0 Å². The van der Waals surface area contributed by atoms with Gasteiger partial charge in [-0.2, -0.15) is 0 Å². The van der Waals surface area contributed by atoms with E-state index in [1.807, 2.05) is 69.3 Å². The summed E-state index contributed by atoms with van der Waals surface area (Å²) in [6, 6.07) is 15.0. The van der Waals surface area contributed by atoms with Gasteiger partial charge in [0.15, 0.2) is 0 Å². The van der Waals surface area contributed by atoms with E-state index in [9.17, 15) is 9.59 Å². The molecule has 0 aliphatic carbocycles. The van der Waals surface area contributed by atoms with Crippen LogP contribution in [0.5, 0.6) is 5.75 Å².